The topological polar surface area (TPSA) is 52.3 Å². The standard InChI is InChI=1S/C6H7N.C6H12O2/c7-6-4-2-1-3-5-6;1-3-5-6(7)8-4-2/h1-5H,7H2;3-5H2,1-2H3. The summed E-state index contributed by atoms with van der Waals surface area (Å²) in [5, 5.41) is 0. The molecule has 0 aliphatic rings. The number of ether oxygens (including phenoxy) is 1. The number of para-hydroxylation sites is 1. The highest BCUT2D eigenvalue weighted by Crippen LogP contribution is 1.95. The van der Waals surface area contributed by atoms with Crippen LogP contribution < -0.4 is 5.73 Å². The van der Waals surface area contributed by atoms with E-state index in [1.165, 1.54) is 0 Å². The number of rotatable bonds is 3. The second-order valence-corrected chi connectivity index (χ2v) is 2.97. The molecule has 0 spiro atoms. The Kier molecular flexibility index (Phi) is 8.15. The predicted molar refractivity (Wildman–Crippen MR) is 62.4 cm³/mol. The Morgan fingerprint density at radius 1 is 1.27 bits per heavy atom. The summed E-state index contributed by atoms with van der Waals surface area (Å²) in [7, 11) is 0. The van der Waals surface area contributed by atoms with Gasteiger partial charge in [0.1, 0.15) is 0 Å². The van der Waals surface area contributed by atoms with Crippen molar-refractivity contribution in [2.24, 2.45) is 0 Å². The highest BCUT2D eigenvalue weighted by molar-refractivity contribution is 5.69. The van der Waals surface area contributed by atoms with Gasteiger partial charge in [0.15, 0.2) is 0 Å². The lowest BCUT2D eigenvalue weighted by Gasteiger charge is -1.96. The fourth-order valence-corrected chi connectivity index (χ4v) is 0.890. The molecule has 0 radical (unpaired) electrons. The van der Waals surface area contributed by atoms with Crippen LogP contribution in [0.25, 0.3) is 0 Å². The first-order valence-electron chi connectivity index (χ1n) is 5.16. The van der Waals surface area contributed by atoms with Crippen LogP contribution in [0.15, 0.2) is 30.3 Å². The van der Waals surface area contributed by atoms with E-state index in [4.69, 9.17) is 5.73 Å². The minimum Gasteiger partial charge on any atom is -0.466 e. The third-order valence-corrected chi connectivity index (χ3v) is 1.56. The summed E-state index contributed by atoms with van der Waals surface area (Å²) in [5.74, 6) is -0.0880. The Hall–Kier alpha value is -1.51. The molecule has 0 fully saturated rings. The van der Waals surface area contributed by atoms with E-state index in [0.29, 0.717) is 13.0 Å². The quantitative estimate of drug-likeness (QED) is 0.615. The van der Waals surface area contributed by atoms with Crippen LogP contribution in [0.4, 0.5) is 5.69 Å². The van der Waals surface area contributed by atoms with Crippen LogP contribution in [0.2, 0.25) is 0 Å². The van der Waals surface area contributed by atoms with Gasteiger partial charge < -0.3 is 10.5 Å². The van der Waals surface area contributed by atoms with Gasteiger partial charge >= 0.3 is 5.97 Å². The third kappa shape index (κ3) is 8.81. The molecule has 1 rings (SSSR count). The molecule has 0 aliphatic heterocycles. The normalized spacial score (nSPS) is 8.67. The van der Waals surface area contributed by atoms with E-state index >= 15 is 0 Å². The lowest BCUT2D eigenvalue weighted by atomic mass is 10.3. The van der Waals surface area contributed by atoms with Gasteiger partial charge in [-0.2, -0.15) is 0 Å². The van der Waals surface area contributed by atoms with Crippen LogP contribution in [0.5, 0.6) is 0 Å². The van der Waals surface area contributed by atoms with Crippen molar-refractivity contribution in [2.75, 3.05) is 12.3 Å². The van der Waals surface area contributed by atoms with E-state index in [2.05, 4.69) is 4.74 Å². The summed E-state index contributed by atoms with van der Waals surface area (Å²) in [6.07, 6.45) is 1.42. The summed E-state index contributed by atoms with van der Waals surface area (Å²) in [4.78, 5) is 10.4. The summed E-state index contributed by atoms with van der Waals surface area (Å²) in [5.41, 5.74) is 6.18. The number of carbonyl (C=O) groups excluding carboxylic acids is 1. The Labute approximate surface area is 91.2 Å². The van der Waals surface area contributed by atoms with Crippen LogP contribution in [0.1, 0.15) is 26.7 Å². The monoisotopic (exact) mass is 209 g/mol. The smallest absolute Gasteiger partial charge is 0.305 e. The maximum atomic E-state index is 10.4. The first-order valence-corrected chi connectivity index (χ1v) is 5.16. The Morgan fingerprint density at radius 2 is 1.87 bits per heavy atom. The van der Waals surface area contributed by atoms with Crippen molar-refractivity contribution < 1.29 is 9.53 Å². The maximum absolute atomic E-state index is 10.4. The van der Waals surface area contributed by atoms with E-state index in [0.717, 1.165) is 12.1 Å². The zero-order valence-corrected chi connectivity index (χ0v) is 9.40. The fraction of sp³-hybridized carbons (Fsp3) is 0.417. The molecule has 0 atom stereocenters. The van der Waals surface area contributed by atoms with Crippen molar-refractivity contribution in [1.29, 1.82) is 0 Å². The first-order chi connectivity index (χ1) is 7.20. The lowest BCUT2D eigenvalue weighted by Crippen LogP contribution is -2.01. The summed E-state index contributed by atoms with van der Waals surface area (Å²) < 4.78 is 4.64. The summed E-state index contributed by atoms with van der Waals surface area (Å²) in [6, 6.07) is 9.49. The van der Waals surface area contributed by atoms with Crippen molar-refractivity contribution in [3.8, 4) is 0 Å². The molecular weight excluding hydrogens is 190 g/mol. The first kappa shape index (κ1) is 13.5. The number of hydrogen-bond donors (Lipinski definition) is 1. The zero-order valence-electron chi connectivity index (χ0n) is 9.40. The molecular formula is C12H19NO2. The molecule has 15 heavy (non-hydrogen) atoms. The highest BCUT2D eigenvalue weighted by Gasteiger charge is 1.95. The van der Waals surface area contributed by atoms with Crippen LogP contribution in [-0.4, -0.2) is 12.6 Å². The molecule has 1 aromatic rings. The van der Waals surface area contributed by atoms with Crippen LogP contribution in [0.3, 0.4) is 0 Å². The second-order valence-electron chi connectivity index (χ2n) is 2.97. The number of hydrogen-bond acceptors (Lipinski definition) is 3. The second kappa shape index (κ2) is 9.06. The van der Waals surface area contributed by atoms with E-state index in [-0.39, 0.29) is 5.97 Å². The molecule has 0 unspecified atom stereocenters. The van der Waals surface area contributed by atoms with Gasteiger partial charge in [0.25, 0.3) is 0 Å². The van der Waals surface area contributed by atoms with Crippen molar-refractivity contribution in [3.63, 3.8) is 0 Å². The van der Waals surface area contributed by atoms with Crippen molar-refractivity contribution in [2.45, 2.75) is 26.7 Å². The molecule has 0 saturated carbocycles. The molecule has 0 aromatic heterocycles. The van der Waals surface area contributed by atoms with Crippen molar-refractivity contribution >= 4 is 11.7 Å². The van der Waals surface area contributed by atoms with Crippen LogP contribution >= 0.6 is 0 Å². The lowest BCUT2D eigenvalue weighted by molar-refractivity contribution is -0.143. The fourth-order valence-electron chi connectivity index (χ4n) is 0.890. The number of anilines is 1. The molecule has 2 N–H and O–H groups in total. The van der Waals surface area contributed by atoms with E-state index in [1.54, 1.807) is 0 Å². The highest BCUT2D eigenvalue weighted by atomic mass is 16.5. The molecule has 0 amide bonds. The van der Waals surface area contributed by atoms with Gasteiger partial charge in [0.2, 0.25) is 0 Å². The molecule has 1 aromatic carbocycles. The maximum Gasteiger partial charge on any atom is 0.305 e. The van der Waals surface area contributed by atoms with E-state index in [9.17, 15) is 4.79 Å². The minimum absolute atomic E-state index is 0.0880. The van der Waals surface area contributed by atoms with Gasteiger partial charge in [-0.3, -0.25) is 4.79 Å². The van der Waals surface area contributed by atoms with Crippen LogP contribution in [-0.2, 0) is 9.53 Å². The van der Waals surface area contributed by atoms with Crippen molar-refractivity contribution in [3.05, 3.63) is 30.3 Å². The predicted octanol–water partition coefficient (Wildman–Crippen LogP) is 2.62. The van der Waals surface area contributed by atoms with E-state index < -0.39 is 0 Å². The van der Waals surface area contributed by atoms with Gasteiger partial charge in [0.05, 0.1) is 6.61 Å². The van der Waals surface area contributed by atoms with Gasteiger partial charge in [-0.15, -0.1) is 0 Å². The number of benzene rings is 1. The molecule has 84 valence electrons. The average Bonchev–Trinajstić information content (AvgIpc) is 2.20. The zero-order chi connectivity index (χ0) is 11.5. The van der Waals surface area contributed by atoms with Gasteiger partial charge in [-0.1, -0.05) is 25.1 Å². The summed E-state index contributed by atoms with van der Waals surface area (Å²) >= 11 is 0. The Morgan fingerprint density at radius 3 is 2.20 bits per heavy atom. The average molecular weight is 209 g/mol. The van der Waals surface area contributed by atoms with Crippen molar-refractivity contribution in [1.82, 2.24) is 0 Å². The Balaban J connectivity index is 0.000000262. The number of carbonyl (C=O) groups is 1. The number of nitrogen functional groups attached to an aromatic ring is 1. The minimum atomic E-state index is -0.0880. The molecule has 0 heterocycles. The van der Waals surface area contributed by atoms with Crippen LogP contribution in [0, 0.1) is 0 Å². The SMILES string of the molecule is CCCC(=O)OCC.Nc1ccccc1. The Bertz CT molecular complexity index is 252. The number of nitrogens with two attached hydrogens (primary N) is 1. The largest absolute Gasteiger partial charge is 0.466 e. The number of esters is 1. The molecule has 0 aliphatic carbocycles. The van der Waals surface area contributed by atoms with Gasteiger partial charge in [0, 0.05) is 12.1 Å². The third-order valence-electron chi connectivity index (χ3n) is 1.56. The molecule has 0 bridgehead atoms. The van der Waals surface area contributed by atoms with E-state index in [1.807, 2.05) is 44.2 Å². The van der Waals surface area contributed by atoms with Gasteiger partial charge in [-0.25, -0.2) is 0 Å². The summed E-state index contributed by atoms with van der Waals surface area (Å²) in [6.45, 7) is 4.27. The van der Waals surface area contributed by atoms with Gasteiger partial charge in [-0.05, 0) is 25.5 Å². The molecule has 3 nitrogen and oxygen atoms in total. The molecule has 0 saturated heterocycles. The molecule has 3 heteroatoms.